The third kappa shape index (κ3) is 2.05. The lowest BCUT2D eigenvalue weighted by Gasteiger charge is -2.21. The van der Waals surface area contributed by atoms with Gasteiger partial charge in [-0.15, -0.1) is 0 Å². The predicted octanol–water partition coefficient (Wildman–Crippen LogP) is 2.22. The monoisotopic (exact) mass is 242 g/mol. The second-order valence-corrected chi connectivity index (χ2v) is 5.16. The standard InChI is InChI=1S/C14H18N4/c15-10-13-11-6-5-7-12(11)16-14(17-13)18-8-3-1-2-4-9-18/h1-9H2. The fourth-order valence-corrected chi connectivity index (χ4v) is 2.92. The highest BCUT2D eigenvalue weighted by Crippen LogP contribution is 2.25. The number of hydrogen-bond acceptors (Lipinski definition) is 4. The summed E-state index contributed by atoms with van der Waals surface area (Å²) in [5.41, 5.74) is 2.81. The van der Waals surface area contributed by atoms with E-state index >= 15 is 0 Å². The molecular formula is C14H18N4. The van der Waals surface area contributed by atoms with Gasteiger partial charge in [0.2, 0.25) is 5.95 Å². The minimum atomic E-state index is 0.608. The Bertz CT molecular complexity index is 481. The first-order valence-corrected chi connectivity index (χ1v) is 6.93. The van der Waals surface area contributed by atoms with Gasteiger partial charge in [-0.05, 0) is 32.1 Å². The quantitative estimate of drug-likeness (QED) is 0.757. The van der Waals surface area contributed by atoms with Gasteiger partial charge in [0.15, 0.2) is 0 Å². The van der Waals surface area contributed by atoms with Crippen LogP contribution in [0.4, 0.5) is 5.95 Å². The summed E-state index contributed by atoms with van der Waals surface area (Å²) in [6, 6.07) is 2.24. The van der Waals surface area contributed by atoms with Gasteiger partial charge in [-0.25, -0.2) is 9.97 Å². The van der Waals surface area contributed by atoms with E-state index in [9.17, 15) is 5.26 Å². The van der Waals surface area contributed by atoms with Gasteiger partial charge in [0, 0.05) is 18.7 Å². The number of rotatable bonds is 1. The molecule has 0 saturated carbocycles. The largest absolute Gasteiger partial charge is 0.341 e. The lowest BCUT2D eigenvalue weighted by molar-refractivity contribution is 0.726. The maximum absolute atomic E-state index is 9.22. The summed E-state index contributed by atoms with van der Waals surface area (Å²) in [6.07, 6.45) is 8.11. The molecule has 0 radical (unpaired) electrons. The third-order valence-electron chi connectivity index (χ3n) is 3.92. The van der Waals surface area contributed by atoms with Gasteiger partial charge in [-0.2, -0.15) is 5.26 Å². The van der Waals surface area contributed by atoms with Gasteiger partial charge >= 0.3 is 0 Å². The highest BCUT2D eigenvalue weighted by Gasteiger charge is 2.21. The van der Waals surface area contributed by atoms with Crippen molar-refractivity contribution in [3.8, 4) is 6.07 Å². The molecule has 0 bridgehead atoms. The molecule has 0 N–H and O–H groups in total. The Morgan fingerprint density at radius 3 is 2.44 bits per heavy atom. The Balaban J connectivity index is 1.95. The van der Waals surface area contributed by atoms with Crippen LogP contribution in [0.25, 0.3) is 0 Å². The number of aromatic nitrogens is 2. The van der Waals surface area contributed by atoms with Crippen molar-refractivity contribution < 1.29 is 0 Å². The van der Waals surface area contributed by atoms with Crippen molar-refractivity contribution in [3.63, 3.8) is 0 Å². The summed E-state index contributed by atoms with van der Waals surface area (Å²) in [5, 5.41) is 9.22. The number of nitrogens with zero attached hydrogens (tertiary/aromatic N) is 4. The van der Waals surface area contributed by atoms with Crippen LogP contribution in [0.15, 0.2) is 0 Å². The van der Waals surface area contributed by atoms with E-state index in [1.54, 1.807) is 0 Å². The molecule has 0 amide bonds. The van der Waals surface area contributed by atoms with E-state index < -0.39 is 0 Å². The molecule has 1 fully saturated rings. The Hall–Kier alpha value is -1.63. The Morgan fingerprint density at radius 1 is 0.944 bits per heavy atom. The summed E-state index contributed by atoms with van der Waals surface area (Å²) in [5.74, 6) is 0.786. The molecular weight excluding hydrogens is 224 g/mol. The SMILES string of the molecule is N#Cc1nc(N2CCCCCC2)nc2c1CCC2. The van der Waals surface area contributed by atoms with Crippen molar-refractivity contribution in [2.45, 2.75) is 44.9 Å². The molecule has 0 unspecified atom stereocenters. The molecule has 0 aromatic carbocycles. The van der Waals surface area contributed by atoms with E-state index in [1.807, 2.05) is 0 Å². The average molecular weight is 242 g/mol. The minimum absolute atomic E-state index is 0.608. The van der Waals surface area contributed by atoms with Crippen molar-refractivity contribution in [2.75, 3.05) is 18.0 Å². The minimum Gasteiger partial charge on any atom is -0.341 e. The Labute approximate surface area is 108 Å². The summed E-state index contributed by atoms with van der Waals surface area (Å²) < 4.78 is 0. The fraction of sp³-hybridized carbons (Fsp3) is 0.643. The lowest BCUT2D eigenvalue weighted by Crippen LogP contribution is -2.26. The van der Waals surface area contributed by atoms with Gasteiger partial charge in [0.05, 0.1) is 5.69 Å². The smallest absolute Gasteiger partial charge is 0.226 e. The normalized spacial score (nSPS) is 19.2. The highest BCUT2D eigenvalue weighted by molar-refractivity contribution is 5.44. The number of fused-ring (bicyclic) bond motifs is 1. The first kappa shape index (κ1) is 11.5. The van der Waals surface area contributed by atoms with Crippen LogP contribution in [-0.2, 0) is 12.8 Å². The van der Waals surface area contributed by atoms with Gasteiger partial charge in [-0.1, -0.05) is 12.8 Å². The third-order valence-corrected chi connectivity index (χ3v) is 3.92. The molecule has 1 aliphatic carbocycles. The van der Waals surface area contributed by atoms with Crippen LogP contribution in [0, 0.1) is 11.3 Å². The van der Waals surface area contributed by atoms with E-state index in [0.717, 1.165) is 49.6 Å². The summed E-state index contributed by atoms with van der Waals surface area (Å²) in [7, 11) is 0. The molecule has 18 heavy (non-hydrogen) atoms. The van der Waals surface area contributed by atoms with E-state index in [4.69, 9.17) is 4.98 Å². The molecule has 0 atom stereocenters. The fourth-order valence-electron chi connectivity index (χ4n) is 2.92. The second kappa shape index (κ2) is 4.93. The molecule has 2 heterocycles. The zero-order chi connectivity index (χ0) is 12.4. The first-order chi connectivity index (χ1) is 8.88. The molecule has 2 aliphatic rings. The van der Waals surface area contributed by atoms with Crippen molar-refractivity contribution in [2.24, 2.45) is 0 Å². The molecule has 1 saturated heterocycles. The molecule has 4 heteroatoms. The number of anilines is 1. The topological polar surface area (TPSA) is 52.8 Å². The molecule has 1 aromatic heterocycles. The van der Waals surface area contributed by atoms with Crippen molar-refractivity contribution in [1.82, 2.24) is 9.97 Å². The summed E-state index contributed by atoms with van der Waals surface area (Å²) in [6.45, 7) is 2.06. The van der Waals surface area contributed by atoms with Gasteiger partial charge in [0.1, 0.15) is 11.8 Å². The van der Waals surface area contributed by atoms with Crippen LogP contribution >= 0.6 is 0 Å². The van der Waals surface area contributed by atoms with Crippen LogP contribution in [0.2, 0.25) is 0 Å². The molecule has 1 aromatic rings. The maximum Gasteiger partial charge on any atom is 0.226 e. The van der Waals surface area contributed by atoms with Gasteiger partial charge in [-0.3, -0.25) is 0 Å². The molecule has 0 spiro atoms. The van der Waals surface area contributed by atoms with Gasteiger partial charge in [0.25, 0.3) is 0 Å². The predicted molar refractivity (Wildman–Crippen MR) is 69.5 cm³/mol. The zero-order valence-corrected chi connectivity index (χ0v) is 10.7. The van der Waals surface area contributed by atoms with E-state index in [-0.39, 0.29) is 0 Å². The molecule has 94 valence electrons. The number of hydrogen-bond donors (Lipinski definition) is 0. The van der Waals surface area contributed by atoms with Crippen LogP contribution in [0.1, 0.15) is 49.1 Å². The second-order valence-electron chi connectivity index (χ2n) is 5.16. The van der Waals surface area contributed by atoms with Crippen LogP contribution in [0.5, 0.6) is 0 Å². The van der Waals surface area contributed by atoms with Crippen LogP contribution < -0.4 is 4.90 Å². The Morgan fingerprint density at radius 2 is 1.72 bits per heavy atom. The van der Waals surface area contributed by atoms with Crippen molar-refractivity contribution >= 4 is 5.95 Å². The van der Waals surface area contributed by atoms with E-state index in [1.165, 1.54) is 25.7 Å². The van der Waals surface area contributed by atoms with E-state index in [2.05, 4.69) is 16.0 Å². The first-order valence-electron chi connectivity index (χ1n) is 6.93. The summed E-state index contributed by atoms with van der Waals surface area (Å²) in [4.78, 5) is 11.4. The molecule has 1 aliphatic heterocycles. The highest BCUT2D eigenvalue weighted by atomic mass is 15.2. The van der Waals surface area contributed by atoms with Crippen molar-refractivity contribution in [3.05, 3.63) is 17.0 Å². The maximum atomic E-state index is 9.22. The Kier molecular flexibility index (Phi) is 3.14. The number of nitriles is 1. The van der Waals surface area contributed by atoms with Gasteiger partial charge < -0.3 is 4.90 Å². The molecule has 4 nitrogen and oxygen atoms in total. The average Bonchev–Trinajstić information content (AvgIpc) is 2.71. The van der Waals surface area contributed by atoms with E-state index in [0.29, 0.717) is 5.69 Å². The lowest BCUT2D eigenvalue weighted by atomic mass is 10.2. The summed E-state index contributed by atoms with van der Waals surface area (Å²) >= 11 is 0. The van der Waals surface area contributed by atoms with Crippen LogP contribution in [0.3, 0.4) is 0 Å². The molecule has 3 rings (SSSR count). The zero-order valence-electron chi connectivity index (χ0n) is 10.7. The van der Waals surface area contributed by atoms with Crippen molar-refractivity contribution in [1.29, 1.82) is 5.26 Å². The van der Waals surface area contributed by atoms with Crippen LogP contribution in [-0.4, -0.2) is 23.1 Å². The number of aryl methyl sites for hydroxylation is 1.